The van der Waals surface area contributed by atoms with Gasteiger partial charge in [-0.2, -0.15) is 5.26 Å². The molecule has 1 saturated heterocycles. The minimum atomic E-state index is -0.437. The lowest BCUT2D eigenvalue weighted by Crippen LogP contribution is -2.28. The summed E-state index contributed by atoms with van der Waals surface area (Å²) >= 11 is 7.42. The Labute approximate surface area is 172 Å². The predicted molar refractivity (Wildman–Crippen MR) is 111 cm³/mol. The van der Waals surface area contributed by atoms with Gasteiger partial charge in [-0.1, -0.05) is 18.5 Å². The van der Waals surface area contributed by atoms with Gasteiger partial charge in [0.15, 0.2) is 0 Å². The SMILES string of the molecule is CC1CCc2c(sc(NC(=O)C3CC(=O)N(c4ccc(Cl)cc4)C3)c2C#N)C1. The molecule has 0 spiro atoms. The maximum Gasteiger partial charge on any atom is 0.230 e. The Balaban J connectivity index is 1.50. The fraction of sp³-hybridized carbons (Fsp3) is 0.381. The molecule has 1 aromatic heterocycles. The number of thiophene rings is 1. The third kappa shape index (κ3) is 3.52. The fourth-order valence-corrected chi connectivity index (χ4v) is 5.41. The van der Waals surface area contributed by atoms with Crippen LogP contribution in [-0.2, 0) is 22.4 Å². The summed E-state index contributed by atoms with van der Waals surface area (Å²) in [6.45, 7) is 2.54. The van der Waals surface area contributed by atoms with E-state index in [4.69, 9.17) is 11.6 Å². The van der Waals surface area contributed by atoms with Gasteiger partial charge in [-0.05, 0) is 55.0 Å². The molecule has 0 bridgehead atoms. The Morgan fingerprint density at radius 3 is 2.79 bits per heavy atom. The highest BCUT2D eigenvalue weighted by molar-refractivity contribution is 7.16. The highest BCUT2D eigenvalue weighted by atomic mass is 35.5. The van der Waals surface area contributed by atoms with Crippen LogP contribution in [0.3, 0.4) is 0 Å². The summed E-state index contributed by atoms with van der Waals surface area (Å²) in [6, 6.07) is 9.29. The number of amides is 2. The zero-order valence-corrected chi connectivity index (χ0v) is 17.1. The van der Waals surface area contributed by atoms with E-state index in [1.165, 1.54) is 16.2 Å². The number of rotatable bonds is 3. The van der Waals surface area contributed by atoms with Gasteiger partial charge in [0.1, 0.15) is 11.1 Å². The van der Waals surface area contributed by atoms with Crippen molar-refractivity contribution in [2.75, 3.05) is 16.8 Å². The first-order valence-electron chi connectivity index (χ1n) is 9.37. The summed E-state index contributed by atoms with van der Waals surface area (Å²) in [5.41, 5.74) is 2.42. The summed E-state index contributed by atoms with van der Waals surface area (Å²) in [7, 11) is 0. The van der Waals surface area contributed by atoms with Crippen LogP contribution in [0.1, 0.15) is 35.8 Å². The number of carbonyl (C=O) groups is 2. The smallest absolute Gasteiger partial charge is 0.230 e. The normalized spacial score (nSPS) is 21.3. The maximum absolute atomic E-state index is 12.8. The maximum atomic E-state index is 12.8. The number of hydrogen-bond donors (Lipinski definition) is 1. The van der Waals surface area contributed by atoms with Crippen LogP contribution in [0.15, 0.2) is 24.3 Å². The molecule has 7 heteroatoms. The minimum absolute atomic E-state index is 0.0812. The number of halogens is 1. The lowest BCUT2D eigenvalue weighted by atomic mass is 9.88. The summed E-state index contributed by atoms with van der Waals surface area (Å²) < 4.78 is 0. The second kappa shape index (κ2) is 7.57. The predicted octanol–water partition coefficient (Wildman–Crippen LogP) is 4.39. The molecular formula is C21H20ClN3O2S. The molecule has 4 rings (SSSR count). The lowest BCUT2D eigenvalue weighted by molar-refractivity contribution is -0.122. The van der Waals surface area contributed by atoms with Gasteiger partial charge in [0.25, 0.3) is 0 Å². The van der Waals surface area contributed by atoms with E-state index < -0.39 is 5.92 Å². The van der Waals surface area contributed by atoms with Gasteiger partial charge in [-0.25, -0.2) is 0 Å². The Hall–Kier alpha value is -2.36. The number of nitrogens with zero attached hydrogens (tertiary/aromatic N) is 2. The van der Waals surface area contributed by atoms with Gasteiger partial charge >= 0.3 is 0 Å². The molecular weight excluding hydrogens is 394 g/mol. The molecule has 144 valence electrons. The molecule has 1 aliphatic heterocycles. The zero-order chi connectivity index (χ0) is 19.8. The van der Waals surface area contributed by atoms with E-state index in [0.29, 0.717) is 28.0 Å². The monoisotopic (exact) mass is 413 g/mol. The van der Waals surface area contributed by atoms with E-state index in [9.17, 15) is 14.9 Å². The summed E-state index contributed by atoms with van der Waals surface area (Å²) in [4.78, 5) is 28.1. The average Bonchev–Trinajstić information content (AvgIpc) is 3.22. The van der Waals surface area contributed by atoms with Crippen LogP contribution in [0.25, 0.3) is 0 Å². The molecule has 2 atom stereocenters. The molecule has 1 fully saturated rings. The van der Waals surface area contributed by atoms with Gasteiger partial charge in [0.2, 0.25) is 11.8 Å². The van der Waals surface area contributed by atoms with E-state index in [1.807, 2.05) is 0 Å². The van der Waals surface area contributed by atoms with Crippen LogP contribution in [0.5, 0.6) is 0 Å². The van der Waals surface area contributed by atoms with Crippen molar-refractivity contribution >= 4 is 45.4 Å². The van der Waals surface area contributed by atoms with Crippen LogP contribution in [-0.4, -0.2) is 18.4 Å². The molecule has 2 heterocycles. The topological polar surface area (TPSA) is 73.2 Å². The van der Waals surface area contributed by atoms with E-state index in [1.54, 1.807) is 29.2 Å². The van der Waals surface area contributed by atoms with Crippen molar-refractivity contribution in [3.05, 3.63) is 45.3 Å². The third-order valence-corrected chi connectivity index (χ3v) is 6.92. The first-order chi connectivity index (χ1) is 13.5. The van der Waals surface area contributed by atoms with Gasteiger partial charge in [0, 0.05) is 28.6 Å². The number of benzene rings is 1. The Morgan fingerprint density at radius 1 is 1.32 bits per heavy atom. The third-order valence-electron chi connectivity index (χ3n) is 5.49. The second-order valence-corrected chi connectivity index (χ2v) is 9.08. The number of nitrogens with one attached hydrogen (secondary N) is 1. The molecule has 1 aliphatic carbocycles. The van der Waals surface area contributed by atoms with E-state index in [2.05, 4.69) is 18.3 Å². The van der Waals surface area contributed by atoms with Crippen LogP contribution >= 0.6 is 22.9 Å². The molecule has 2 aliphatic rings. The number of fused-ring (bicyclic) bond motifs is 1. The van der Waals surface area contributed by atoms with Gasteiger partial charge in [-0.15, -0.1) is 11.3 Å². The number of carbonyl (C=O) groups excluding carboxylic acids is 2. The van der Waals surface area contributed by atoms with E-state index >= 15 is 0 Å². The molecule has 2 amide bonds. The summed E-state index contributed by atoms with van der Waals surface area (Å²) in [5, 5.41) is 13.8. The first-order valence-corrected chi connectivity index (χ1v) is 10.6. The molecule has 0 saturated carbocycles. The molecule has 1 aromatic carbocycles. The van der Waals surface area contributed by atoms with Crippen molar-refractivity contribution in [2.45, 2.75) is 32.6 Å². The Bertz CT molecular complexity index is 977. The molecule has 2 unspecified atom stereocenters. The Morgan fingerprint density at radius 2 is 2.07 bits per heavy atom. The molecule has 1 N–H and O–H groups in total. The van der Waals surface area contributed by atoms with E-state index in [0.717, 1.165) is 30.5 Å². The van der Waals surface area contributed by atoms with Crippen molar-refractivity contribution in [2.24, 2.45) is 11.8 Å². The molecule has 28 heavy (non-hydrogen) atoms. The number of hydrogen-bond acceptors (Lipinski definition) is 4. The number of nitriles is 1. The van der Waals surface area contributed by atoms with Crippen LogP contribution in [0.2, 0.25) is 5.02 Å². The van der Waals surface area contributed by atoms with Crippen LogP contribution in [0.4, 0.5) is 10.7 Å². The van der Waals surface area contributed by atoms with Gasteiger partial charge in [-0.3, -0.25) is 9.59 Å². The van der Waals surface area contributed by atoms with Crippen molar-refractivity contribution in [1.29, 1.82) is 5.26 Å². The average molecular weight is 414 g/mol. The van der Waals surface area contributed by atoms with Crippen molar-refractivity contribution in [1.82, 2.24) is 0 Å². The van der Waals surface area contributed by atoms with Gasteiger partial charge in [0.05, 0.1) is 11.5 Å². The molecule has 5 nitrogen and oxygen atoms in total. The largest absolute Gasteiger partial charge is 0.316 e. The quantitative estimate of drug-likeness (QED) is 0.810. The lowest BCUT2D eigenvalue weighted by Gasteiger charge is -2.17. The van der Waals surface area contributed by atoms with Crippen LogP contribution in [0, 0.1) is 23.2 Å². The van der Waals surface area contributed by atoms with E-state index in [-0.39, 0.29) is 18.2 Å². The minimum Gasteiger partial charge on any atom is -0.316 e. The standard InChI is InChI=1S/C21H20ClN3O2S/c1-12-2-7-16-17(10-23)21(28-18(16)8-12)24-20(27)13-9-19(26)25(11-13)15-5-3-14(22)4-6-15/h3-6,12-13H,2,7-9,11H2,1H3,(H,24,27). The Kier molecular flexibility index (Phi) is 5.13. The second-order valence-electron chi connectivity index (χ2n) is 7.54. The van der Waals surface area contributed by atoms with Crippen LogP contribution < -0.4 is 10.2 Å². The summed E-state index contributed by atoms with van der Waals surface area (Å²) in [6.07, 6.45) is 3.08. The first kappa shape index (κ1) is 19.0. The fourth-order valence-electron chi connectivity index (χ4n) is 3.92. The summed E-state index contributed by atoms with van der Waals surface area (Å²) in [5.74, 6) is -0.121. The molecule has 2 aromatic rings. The van der Waals surface area contributed by atoms with Gasteiger partial charge < -0.3 is 10.2 Å². The van der Waals surface area contributed by atoms with Crippen molar-refractivity contribution in [3.63, 3.8) is 0 Å². The molecule has 0 radical (unpaired) electrons. The van der Waals surface area contributed by atoms with Crippen molar-refractivity contribution in [3.8, 4) is 6.07 Å². The zero-order valence-electron chi connectivity index (χ0n) is 15.5. The number of anilines is 2. The van der Waals surface area contributed by atoms with Crippen molar-refractivity contribution < 1.29 is 9.59 Å². The highest BCUT2D eigenvalue weighted by Crippen LogP contribution is 2.39. The highest BCUT2D eigenvalue weighted by Gasteiger charge is 2.36.